The van der Waals surface area contributed by atoms with Crippen LogP contribution in [0.5, 0.6) is 0 Å². The second-order valence-electron chi connectivity index (χ2n) is 6.86. The van der Waals surface area contributed by atoms with Gasteiger partial charge in [0.25, 0.3) is 0 Å². The van der Waals surface area contributed by atoms with Crippen LogP contribution in [0.25, 0.3) is 6.08 Å². The van der Waals surface area contributed by atoms with Gasteiger partial charge in [0.15, 0.2) is 0 Å². The van der Waals surface area contributed by atoms with Gasteiger partial charge in [-0.2, -0.15) is 0 Å². The van der Waals surface area contributed by atoms with Crippen LogP contribution in [0.2, 0.25) is 0 Å². The van der Waals surface area contributed by atoms with Crippen molar-refractivity contribution in [3.8, 4) is 0 Å². The monoisotopic (exact) mass is 357 g/mol. The van der Waals surface area contributed by atoms with Gasteiger partial charge < -0.3 is 9.80 Å². The molecule has 2 amide bonds. The first kappa shape index (κ1) is 20.2. The van der Waals surface area contributed by atoms with E-state index >= 15 is 0 Å². The first-order valence-electron chi connectivity index (χ1n) is 9.49. The third-order valence-corrected chi connectivity index (χ3v) is 4.99. The zero-order valence-corrected chi connectivity index (χ0v) is 16.5. The molecule has 0 spiro atoms. The molecule has 1 heterocycles. The first-order chi connectivity index (χ1) is 12.4. The summed E-state index contributed by atoms with van der Waals surface area (Å²) in [5, 5.41) is 0. The van der Waals surface area contributed by atoms with Gasteiger partial charge in [-0.3, -0.25) is 14.5 Å². The molecule has 0 atom stereocenters. The molecule has 0 saturated carbocycles. The topological polar surface area (TPSA) is 43.9 Å². The summed E-state index contributed by atoms with van der Waals surface area (Å²) in [6, 6.07) is 6.23. The lowest BCUT2D eigenvalue weighted by atomic mass is 10.1. The third kappa shape index (κ3) is 5.43. The van der Waals surface area contributed by atoms with Gasteiger partial charge in [-0.15, -0.1) is 0 Å². The number of aryl methyl sites for hydroxylation is 2. The standard InChI is InChI=1S/C21H31N3O2/c1-5-23(6-2)21(26)16-22-11-13-24(14-12-22)20(25)10-9-19-8-7-17(3)15-18(19)4/h7-10,15H,5-6,11-14,16H2,1-4H3/b10-9+. The molecule has 142 valence electrons. The zero-order valence-electron chi connectivity index (χ0n) is 16.5. The molecule has 1 saturated heterocycles. The van der Waals surface area contributed by atoms with Crippen molar-refractivity contribution in [2.75, 3.05) is 45.8 Å². The van der Waals surface area contributed by atoms with E-state index in [9.17, 15) is 9.59 Å². The first-order valence-corrected chi connectivity index (χ1v) is 9.49. The Kier molecular flexibility index (Phi) is 7.39. The van der Waals surface area contributed by atoms with E-state index < -0.39 is 0 Å². The zero-order chi connectivity index (χ0) is 19.1. The van der Waals surface area contributed by atoms with Gasteiger partial charge in [0.2, 0.25) is 11.8 Å². The summed E-state index contributed by atoms with van der Waals surface area (Å²) in [5.74, 6) is 0.212. The average Bonchev–Trinajstić information content (AvgIpc) is 2.62. The highest BCUT2D eigenvalue weighted by Gasteiger charge is 2.22. The van der Waals surface area contributed by atoms with Crippen molar-refractivity contribution in [3.63, 3.8) is 0 Å². The second-order valence-corrected chi connectivity index (χ2v) is 6.86. The molecule has 1 aliphatic heterocycles. The fourth-order valence-electron chi connectivity index (χ4n) is 3.27. The molecule has 0 radical (unpaired) electrons. The largest absolute Gasteiger partial charge is 0.342 e. The Labute approximate surface area is 157 Å². The van der Waals surface area contributed by atoms with Crippen LogP contribution in [0.1, 0.15) is 30.5 Å². The van der Waals surface area contributed by atoms with E-state index in [1.54, 1.807) is 6.08 Å². The lowest BCUT2D eigenvalue weighted by Crippen LogP contribution is -2.51. The molecule has 0 unspecified atom stereocenters. The fraction of sp³-hybridized carbons (Fsp3) is 0.524. The summed E-state index contributed by atoms with van der Waals surface area (Å²) in [7, 11) is 0. The molecular weight excluding hydrogens is 326 g/mol. The molecule has 1 aliphatic rings. The Morgan fingerprint density at radius 1 is 1.08 bits per heavy atom. The lowest BCUT2D eigenvalue weighted by Gasteiger charge is -2.34. The molecule has 1 aromatic rings. The summed E-state index contributed by atoms with van der Waals surface area (Å²) in [4.78, 5) is 30.5. The number of hydrogen-bond acceptors (Lipinski definition) is 3. The van der Waals surface area contributed by atoms with Crippen LogP contribution in [0.4, 0.5) is 0 Å². The summed E-state index contributed by atoms with van der Waals surface area (Å²) in [6.07, 6.45) is 3.56. The van der Waals surface area contributed by atoms with Crippen molar-refractivity contribution < 1.29 is 9.59 Å². The number of carbonyl (C=O) groups is 2. The Morgan fingerprint density at radius 2 is 1.73 bits per heavy atom. The molecule has 2 rings (SSSR count). The van der Waals surface area contributed by atoms with Gasteiger partial charge in [0, 0.05) is 45.3 Å². The Bertz CT molecular complexity index is 657. The number of piperazine rings is 1. The van der Waals surface area contributed by atoms with Crippen molar-refractivity contribution in [3.05, 3.63) is 41.0 Å². The number of hydrogen-bond donors (Lipinski definition) is 0. The maximum absolute atomic E-state index is 12.4. The minimum absolute atomic E-state index is 0.0414. The number of amides is 2. The Hall–Kier alpha value is -2.14. The highest BCUT2D eigenvalue weighted by Crippen LogP contribution is 2.13. The summed E-state index contributed by atoms with van der Waals surface area (Å²) >= 11 is 0. The summed E-state index contributed by atoms with van der Waals surface area (Å²) in [6.45, 7) is 12.9. The normalized spacial score (nSPS) is 15.5. The number of rotatable bonds is 6. The van der Waals surface area contributed by atoms with Crippen molar-refractivity contribution >= 4 is 17.9 Å². The van der Waals surface area contributed by atoms with E-state index in [2.05, 4.69) is 30.9 Å². The van der Waals surface area contributed by atoms with Crippen LogP contribution in [0.15, 0.2) is 24.3 Å². The van der Waals surface area contributed by atoms with Gasteiger partial charge in [-0.05, 0) is 44.9 Å². The van der Waals surface area contributed by atoms with Crippen LogP contribution >= 0.6 is 0 Å². The smallest absolute Gasteiger partial charge is 0.246 e. The predicted octanol–water partition coefficient (Wildman–Crippen LogP) is 2.33. The molecule has 0 aliphatic carbocycles. The number of carbonyl (C=O) groups excluding carboxylic acids is 2. The quantitative estimate of drug-likeness (QED) is 0.734. The van der Waals surface area contributed by atoms with Crippen molar-refractivity contribution in [2.24, 2.45) is 0 Å². The fourth-order valence-corrected chi connectivity index (χ4v) is 3.27. The van der Waals surface area contributed by atoms with E-state index in [1.807, 2.05) is 35.8 Å². The number of benzene rings is 1. The summed E-state index contributed by atoms with van der Waals surface area (Å²) in [5.41, 5.74) is 3.47. The molecule has 1 aromatic carbocycles. The van der Waals surface area contributed by atoms with E-state index in [1.165, 1.54) is 11.1 Å². The SMILES string of the molecule is CCN(CC)C(=O)CN1CCN(C(=O)/C=C/c2ccc(C)cc2C)CC1. The van der Waals surface area contributed by atoms with Crippen LogP contribution < -0.4 is 0 Å². The highest BCUT2D eigenvalue weighted by molar-refractivity contribution is 5.92. The third-order valence-electron chi connectivity index (χ3n) is 4.99. The summed E-state index contributed by atoms with van der Waals surface area (Å²) < 4.78 is 0. The Morgan fingerprint density at radius 3 is 2.31 bits per heavy atom. The maximum atomic E-state index is 12.4. The van der Waals surface area contributed by atoms with Gasteiger partial charge in [0.1, 0.15) is 0 Å². The Balaban J connectivity index is 1.84. The van der Waals surface area contributed by atoms with Gasteiger partial charge >= 0.3 is 0 Å². The molecule has 5 heteroatoms. The molecule has 0 bridgehead atoms. The van der Waals surface area contributed by atoms with E-state index in [-0.39, 0.29) is 11.8 Å². The molecule has 0 N–H and O–H groups in total. The van der Waals surface area contributed by atoms with Crippen molar-refractivity contribution in [1.29, 1.82) is 0 Å². The number of likely N-dealkylation sites (N-methyl/N-ethyl adjacent to an activating group) is 1. The van der Waals surface area contributed by atoms with Gasteiger partial charge in [-0.1, -0.05) is 23.8 Å². The van der Waals surface area contributed by atoms with Crippen molar-refractivity contribution in [1.82, 2.24) is 14.7 Å². The number of nitrogens with zero attached hydrogens (tertiary/aromatic N) is 3. The lowest BCUT2D eigenvalue weighted by molar-refractivity contribution is -0.133. The minimum Gasteiger partial charge on any atom is -0.342 e. The maximum Gasteiger partial charge on any atom is 0.246 e. The molecule has 26 heavy (non-hydrogen) atoms. The van der Waals surface area contributed by atoms with E-state index in [0.717, 1.165) is 31.7 Å². The van der Waals surface area contributed by atoms with Crippen molar-refractivity contribution in [2.45, 2.75) is 27.7 Å². The minimum atomic E-state index is 0.0414. The van der Waals surface area contributed by atoms with Crippen LogP contribution in [0, 0.1) is 13.8 Å². The molecule has 0 aromatic heterocycles. The predicted molar refractivity (Wildman–Crippen MR) is 106 cm³/mol. The average molecular weight is 357 g/mol. The van der Waals surface area contributed by atoms with Crippen LogP contribution in [-0.4, -0.2) is 72.3 Å². The molecule has 5 nitrogen and oxygen atoms in total. The van der Waals surface area contributed by atoms with Crippen LogP contribution in [0.3, 0.4) is 0 Å². The highest BCUT2D eigenvalue weighted by atomic mass is 16.2. The van der Waals surface area contributed by atoms with E-state index in [4.69, 9.17) is 0 Å². The second kappa shape index (κ2) is 9.53. The van der Waals surface area contributed by atoms with Crippen LogP contribution in [-0.2, 0) is 9.59 Å². The van der Waals surface area contributed by atoms with Gasteiger partial charge in [-0.25, -0.2) is 0 Å². The molecule has 1 fully saturated rings. The van der Waals surface area contributed by atoms with E-state index in [0.29, 0.717) is 19.6 Å². The molecular formula is C21H31N3O2. The van der Waals surface area contributed by atoms with Gasteiger partial charge in [0.05, 0.1) is 6.54 Å².